The topological polar surface area (TPSA) is 72.6 Å². The normalized spacial score (nSPS) is 24.6. The lowest BCUT2D eigenvalue weighted by atomic mass is 9.90. The molecule has 0 saturated carbocycles. The number of ether oxygens (including phenoxy) is 1. The van der Waals surface area contributed by atoms with Crippen molar-refractivity contribution in [3.63, 3.8) is 0 Å². The third kappa shape index (κ3) is 2.76. The highest BCUT2D eigenvalue weighted by atomic mass is 32.2. The molecule has 112 valence electrons. The van der Waals surface area contributed by atoms with Crippen molar-refractivity contribution in [1.82, 2.24) is 4.31 Å². The van der Waals surface area contributed by atoms with Gasteiger partial charge in [-0.2, -0.15) is 4.31 Å². The van der Waals surface area contributed by atoms with Crippen LogP contribution >= 0.6 is 0 Å². The molecule has 1 fully saturated rings. The van der Waals surface area contributed by atoms with Crippen molar-refractivity contribution in [3.8, 4) is 5.75 Å². The number of nitrogen functional groups attached to an aromatic ring is 1. The predicted molar refractivity (Wildman–Crippen MR) is 79.1 cm³/mol. The summed E-state index contributed by atoms with van der Waals surface area (Å²) >= 11 is 0. The summed E-state index contributed by atoms with van der Waals surface area (Å²) < 4.78 is 32.2. The second-order valence-corrected chi connectivity index (χ2v) is 7.42. The predicted octanol–water partition coefficient (Wildman–Crippen LogP) is 1.94. The lowest BCUT2D eigenvalue weighted by Gasteiger charge is -2.34. The summed E-state index contributed by atoms with van der Waals surface area (Å²) in [7, 11) is -2.09. The van der Waals surface area contributed by atoms with Gasteiger partial charge in [0.05, 0.1) is 7.11 Å². The van der Waals surface area contributed by atoms with E-state index >= 15 is 0 Å². The number of nitrogens with two attached hydrogens (primary N) is 1. The van der Waals surface area contributed by atoms with E-state index in [1.807, 2.05) is 0 Å². The number of anilines is 1. The van der Waals surface area contributed by atoms with Gasteiger partial charge in [0.1, 0.15) is 10.6 Å². The van der Waals surface area contributed by atoms with Gasteiger partial charge in [0.25, 0.3) is 0 Å². The zero-order valence-corrected chi connectivity index (χ0v) is 13.0. The van der Waals surface area contributed by atoms with Crippen LogP contribution in [0.25, 0.3) is 0 Å². The van der Waals surface area contributed by atoms with Gasteiger partial charge in [-0.05, 0) is 36.5 Å². The fraction of sp³-hybridized carbons (Fsp3) is 0.571. The first kappa shape index (κ1) is 15.1. The summed E-state index contributed by atoms with van der Waals surface area (Å²) in [6.45, 7) is 5.34. The van der Waals surface area contributed by atoms with E-state index < -0.39 is 10.0 Å². The van der Waals surface area contributed by atoms with Gasteiger partial charge in [-0.3, -0.25) is 0 Å². The lowest BCUT2D eigenvalue weighted by molar-refractivity contribution is 0.212. The Morgan fingerprint density at radius 1 is 1.30 bits per heavy atom. The Morgan fingerprint density at radius 3 is 2.60 bits per heavy atom. The number of rotatable bonds is 3. The first-order valence-electron chi connectivity index (χ1n) is 6.80. The van der Waals surface area contributed by atoms with Gasteiger partial charge in [0, 0.05) is 18.8 Å². The van der Waals surface area contributed by atoms with Gasteiger partial charge in [0.2, 0.25) is 10.0 Å². The average Bonchev–Trinajstić information content (AvgIpc) is 2.41. The summed E-state index contributed by atoms with van der Waals surface area (Å²) in [5, 5.41) is 0. The summed E-state index contributed by atoms with van der Waals surface area (Å²) in [5.74, 6) is 1.24. The van der Waals surface area contributed by atoms with Crippen LogP contribution in [-0.2, 0) is 10.0 Å². The van der Waals surface area contributed by atoms with E-state index in [0.29, 0.717) is 36.4 Å². The van der Waals surface area contributed by atoms with E-state index in [4.69, 9.17) is 10.5 Å². The maximum Gasteiger partial charge on any atom is 0.246 e. The van der Waals surface area contributed by atoms with E-state index in [-0.39, 0.29) is 4.90 Å². The minimum Gasteiger partial charge on any atom is -0.495 e. The Balaban J connectivity index is 2.38. The van der Waals surface area contributed by atoms with E-state index in [1.54, 1.807) is 12.1 Å². The fourth-order valence-electron chi connectivity index (χ4n) is 2.48. The maximum atomic E-state index is 12.8. The maximum absolute atomic E-state index is 12.8. The van der Waals surface area contributed by atoms with Crippen LogP contribution in [0.4, 0.5) is 5.69 Å². The van der Waals surface area contributed by atoms with Gasteiger partial charge in [-0.15, -0.1) is 0 Å². The molecule has 0 bridgehead atoms. The molecule has 20 heavy (non-hydrogen) atoms. The second kappa shape index (κ2) is 5.61. The second-order valence-electron chi connectivity index (χ2n) is 5.52. The molecule has 6 heteroatoms. The molecule has 1 aliphatic heterocycles. The Bertz CT molecular complexity index is 586. The van der Waals surface area contributed by atoms with E-state index in [1.165, 1.54) is 17.5 Å². The average molecular weight is 298 g/mol. The molecule has 1 aromatic carbocycles. The highest BCUT2D eigenvalue weighted by Crippen LogP contribution is 2.32. The molecule has 0 amide bonds. The van der Waals surface area contributed by atoms with Gasteiger partial charge >= 0.3 is 0 Å². The van der Waals surface area contributed by atoms with Crippen molar-refractivity contribution in [1.29, 1.82) is 0 Å². The summed E-state index contributed by atoms with van der Waals surface area (Å²) in [4.78, 5) is 0.154. The number of hydrogen-bond acceptors (Lipinski definition) is 4. The number of hydrogen-bond donors (Lipinski definition) is 1. The molecule has 0 radical (unpaired) electrons. The molecule has 2 N–H and O–H groups in total. The van der Waals surface area contributed by atoms with Crippen LogP contribution in [-0.4, -0.2) is 32.9 Å². The van der Waals surface area contributed by atoms with E-state index in [0.717, 1.165) is 6.42 Å². The summed E-state index contributed by atoms with van der Waals surface area (Å²) in [5.41, 5.74) is 6.14. The molecule has 1 heterocycles. The van der Waals surface area contributed by atoms with E-state index in [9.17, 15) is 8.42 Å². The van der Waals surface area contributed by atoms with Gasteiger partial charge < -0.3 is 10.5 Å². The van der Waals surface area contributed by atoms with Crippen molar-refractivity contribution < 1.29 is 13.2 Å². The molecule has 1 saturated heterocycles. The number of piperidine rings is 1. The van der Waals surface area contributed by atoms with Crippen LogP contribution in [0.3, 0.4) is 0 Å². The summed E-state index contributed by atoms with van der Waals surface area (Å²) in [6, 6.07) is 4.70. The van der Waals surface area contributed by atoms with Crippen LogP contribution in [0.2, 0.25) is 0 Å². The zero-order valence-electron chi connectivity index (χ0n) is 12.2. The molecule has 1 aliphatic rings. The molecular formula is C14H22N2O3S. The molecule has 2 atom stereocenters. The van der Waals surface area contributed by atoms with Crippen LogP contribution in [0, 0.1) is 11.8 Å². The quantitative estimate of drug-likeness (QED) is 0.866. The molecular weight excluding hydrogens is 276 g/mol. The first-order valence-corrected chi connectivity index (χ1v) is 8.24. The zero-order chi connectivity index (χ0) is 14.9. The van der Waals surface area contributed by atoms with Crippen molar-refractivity contribution in [2.45, 2.75) is 25.2 Å². The summed E-state index contributed by atoms with van der Waals surface area (Å²) in [6.07, 6.45) is 0.880. The Hall–Kier alpha value is -1.27. The van der Waals surface area contributed by atoms with Crippen LogP contribution in [0.5, 0.6) is 5.75 Å². The van der Waals surface area contributed by atoms with Crippen molar-refractivity contribution in [2.24, 2.45) is 11.8 Å². The highest BCUT2D eigenvalue weighted by Gasteiger charge is 2.33. The highest BCUT2D eigenvalue weighted by molar-refractivity contribution is 7.89. The Morgan fingerprint density at radius 2 is 2.00 bits per heavy atom. The van der Waals surface area contributed by atoms with Gasteiger partial charge in [-0.1, -0.05) is 13.8 Å². The molecule has 1 aromatic rings. The van der Waals surface area contributed by atoms with Gasteiger partial charge in [0.15, 0.2) is 0 Å². The van der Waals surface area contributed by atoms with Crippen LogP contribution in [0.15, 0.2) is 23.1 Å². The minimum atomic E-state index is -3.56. The minimum absolute atomic E-state index is 0.154. The number of benzene rings is 1. The van der Waals surface area contributed by atoms with Crippen molar-refractivity contribution in [2.75, 3.05) is 25.9 Å². The van der Waals surface area contributed by atoms with Crippen LogP contribution < -0.4 is 10.5 Å². The molecule has 0 aromatic heterocycles. The van der Waals surface area contributed by atoms with Gasteiger partial charge in [-0.25, -0.2) is 8.42 Å². The molecule has 2 rings (SSSR count). The van der Waals surface area contributed by atoms with Crippen molar-refractivity contribution >= 4 is 15.7 Å². The van der Waals surface area contributed by atoms with Crippen LogP contribution in [0.1, 0.15) is 20.3 Å². The molecule has 2 unspecified atom stereocenters. The molecule has 0 spiro atoms. The molecule has 5 nitrogen and oxygen atoms in total. The monoisotopic (exact) mass is 298 g/mol. The third-order valence-electron chi connectivity index (χ3n) is 4.10. The van der Waals surface area contributed by atoms with Crippen molar-refractivity contribution in [3.05, 3.63) is 18.2 Å². The number of nitrogens with zero attached hydrogens (tertiary/aromatic N) is 1. The Kier molecular flexibility index (Phi) is 4.25. The fourth-order valence-corrected chi connectivity index (χ4v) is 4.22. The number of sulfonamides is 1. The lowest BCUT2D eigenvalue weighted by Crippen LogP contribution is -2.42. The third-order valence-corrected chi connectivity index (χ3v) is 5.99. The number of methoxy groups -OCH3 is 1. The molecule has 0 aliphatic carbocycles. The SMILES string of the molecule is COc1ccc(N)cc1S(=O)(=O)N1CCC(C)C(C)C1. The van der Waals surface area contributed by atoms with E-state index in [2.05, 4.69) is 13.8 Å². The smallest absolute Gasteiger partial charge is 0.246 e. The first-order chi connectivity index (χ1) is 9.36. The Labute approximate surface area is 120 Å². The standard InChI is InChI=1S/C14H22N2O3S/c1-10-6-7-16(9-11(10)2)20(17,18)14-8-12(15)4-5-13(14)19-3/h4-5,8,10-11H,6-7,9,15H2,1-3H3. The largest absolute Gasteiger partial charge is 0.495 e.